The summed E-state index contributed by atoms with van der Waals surface area (Å²) >= 11 is 0. The van der Waals surface area contributed by atoms with Gasteiger partial charge in [-0.2, -0.15) is 0 Å². The standard InChI is InChI=1S/C14H18FNO/c1-4-9-16(10-5-2)14-12(11(3)17)7-6-8-13(14)15/h1,6-8,11,17H,5,9-10H2,2-3H3/t11-/m1/s1. The molecule has 17 heavy (non-hydrogen) atoms. The van der Waals surface area contributed by atoms with Gasteiger partial charge in [-0.3, -0.25) is 0 Å². The molecule has 0 amide bonds. The Morgan fingerprint density at radius 2 is 2.24 bits per heavy atom. The van der Waals surface area contributed by atoms with Gasteiger partial charge in [-0.15, -0.1) is 6.42 Å². The second-order valence-corrected chi connectivity index (χ2v) is 3.98. The summed E-state index contributed by atoms with van der Waals surface area (Å²) in [5, 5.41) is 9.67. The van der Waals surface area contributed by atoms with Gasteiger partial charge in [0.1, 0.15) is 5.82 Å². The summed E-state index contributed by atoms with van der Waals surface area (Å²) in [5.74, 6) is 2.18. The second-order valence-electron chi connectivity index (χ2n) is 3.98. The fourth-order valence-corrected chi connectivity index (χ4v) is 1.85. The molecule has 0 aliphatic carbocycles. The molecule has 0 aromatic heterocycles. The molecule has 1 N–H and O–H groups in total. The maximum Gasteiger partial charge on any atom is 0.146 e. The van der Waals surface area contributed by atoms with Crippen molar-refractivity contribution in [1.29, 1.82) is 0 Å². The molecule has 0 aliphatic rings. The lowest BCUT2D eigenvalue weighted by Crippen LogP contribution is -2.27. The van der Waals surface area contributed by atoms with Gasteiger partial charge >= 0.3 is 0 Å². The van der Waals surface area contributed by atoms with E-state index >= 15 is 0 Å². The topological polar surface area (TPSA) is 23.5 Å². The number of hydrogen-bond donors (Lipinski definition) is 1. The molecule has 0 radical (unpaired) electrons. The van der Waals surface area contributed by atoms with E-state index in [9.17, 15) is 9.50 Å². The molecule has 0 heterocycles. The van der Waals surface area contributed by atoms with Crippen molar-refractivity contribution in [3.63, 3.8) is 0 Å². The molecule has 1 rings (SSSR count). The van der Waals surface area contributed by atoms with Crippen LogP contribution >= 0.6 is 0 Å². The van der Waals surface area contributed by atoms with Crippen LogP contribution in [0.3, 0.4) is 0 Å². The van der Waals surface area contributed by atoms with E-state index in [1.54, 1.807) is 24.0 Å². The Labute approximate surface area is 102 Å². The van der Waals surface area contributed by atoms with E-state index in [2.05, 4.69) is 5.92 Å². The van der Waals surface area contributed by atoms with E-state index < -0.39 is 6.10 Å². The first-order chi connectivity index (χ1) is 8.11. The third-order valence-corrected chi connectivity index (χ3v) is 2.56. The maximum atomic E-state index is 13.9. The van der Waals surface area contributed by atoms with Gasteiger partial charge in [-0.05, 0) is 19.4 Å². The number of halogens is 1. The first kappa shape index (κ1) is 13.5. The highest BCUT2D eigenvalue weighted by Crippen LogP contribution is 2.29. The summed E-state index contributed by atoms with van der Waals surface area (Å²) in [4.78, 5) is 1.79. The molecule has 2 nitrogen and oxygen atoms in total. The normalized spacial score (nSPS) is 11.9. The molecule has 1 aromatic rings. The number of para-hydroxylation sites is 1. The average molecular weight is 235 g/mol. The molecule has 0 bridgehead atoms. The Morgan fingerprint density at radius 3 is 2.76 bits per heavy atom. The number of aliphatic hydroxyl groups is 1. The van der Waals surface area contributed by atoms with Crippen LogP contribution in [0.25, 0.3) is 0 Å². The van der Waals surface area contributed by atoms with Crippen LogP contribution in [0.4, 0.5) is 10.1 Å². The zero-order chi connectivity index (χ0) is 12.8. The zero-order valence-corrected chi connectivity index (χ0v) is 10.3. The molecule has 0 saturated carbocycles. The Morgan fingerprint density at radius 1 is 1.53 bits per heavy atom. The molecule has 0 fully saturated rings. The largest absolute Gasteiger partial charge is 0.389 e. The highest BCUT2D eigenvalue weighted by molar-refractivity contribution is 5.56. The van der Waals surface area contributed by atoms with E-state index in [1.807, 2.05) is 6.92 Å². The number of nitrogens with zero attached hydrogens (tertiary/aromatic N) is 1. The smallest absolute Gasteiger partial charge is 0.146 e. The fourth-order valence-electron chi connectivity index (χ4n) is 1.85. The van der Waals surface area contributed by atoms with Crippen molar-refractivity contribution < 1.29 is 9.50 Å². The van der Waals surface area contributed by atoms with Crippen LogP contribution in [-0.4, -0.2) is 18.2 Å². The summed E-state index contributed by atoms with van der Waals surface area (Å²) in [6.45, 7) is 4.64. The maximum absolute atomic E-state index is 13.9. The lowest BCUT2D eigenvalue weighted by Gasteiger charge is -2.26. The van der Waals surface area contributed by atoms with Crippen LogP contribution < -0.4 is 4.90 Å². The van der Waals surface area contributed by atoms with Gasteiger partial charge in [-0.25, -0.2) is 4.39 Å². The van der Waals surface area contributed by atoms with Crippen LogP contribution in [0.15, 0.2) is 18.2 Å². The fraction of sp³-hybridized carbons (Fsp3) is 0.429. The summed E-state index contributed by atoms with van der Waals surface area (Å²) in [6, 6.07) is 4.71. The predicted molar refractivity (Wildman–Crippen MR) is 68.4 cm³/mol. The van der Waals surface area contributed by atoms with Gasteiger partial charge in [0, 0.05) is 12.1 Å². The van der Waals surface area contributed by atoms with Crippen LogP contribution in [-0.2, 0) is 0 Å². The number of aliphatic hydroxyl groups excluding tert-OH is 1. The molecule has 0 aliphatic heterocycles. The van der Waals surface area contributed by atoms with Crippen molar-refractivity contribution in [2.24, 2.45) is 0 Å². The summed E-state index contributed by atoms with van der Waals surface area (Å²) in [6.07, 6.45) is 5.46. The lowest BCUT2D eigenvalue weighted by molar-refractivity contribution is 0.199. The molecule has 0 saturated heterocycles. The van der Waals surface area contributed by atoms with Crippen LogP contribution in [0, 0.1) is 18.2 Å². The van der Waals surface area contributed by atoms with Crippen molar-refractivity contribution in [2.45, 2.75) is 26.4 Å². The lowest BCUT2D eigenvalue weighted by atomic mass is 10.1. The molecular formula is C14H18FNO. The molecular weight excluding hydrogens is 217 g/mol. The van der Waals surface area contributed by atoms with Crippen molar-refractivity contribution >= 4 is 5.69 Å². The second kappa shape index (κ2) is 6.27. The highest BCUT2D eigenvalue weighted by Gasteiger charge is 2.17. The van der Waals surface area contributed by atoms with Crippen LogP contribution in [0.1, 0.15) is 31.9 Å². The van der Waals surface area contributed by atoms with E-state index in [0.717, 1.165) is 6.42 Å². The monoisotopic (exact) mass is 235 g/mol. The van der Waals surface area contributed by atoms with Gasteiger partial charge in [-0.1, -0.05) is 25.0 Å². The van der Waals surface area contributed by atoms with E-state index in [1.165, 1.54) is 6.07 Å². The number of anilines is 1. The predicted octanol–water partition coefficient (Wildman–Crippen LogP) is 2.73. The van der Waals surface area contributed by atoms with Crippen LogP contribution in [0.2, 0.25) is 0 Å². The zero-order valence-electron chi connectivity index (χ0n) is 10.3. The SMILES string of the molecule is C#CCN(CCC)c1c(F)cccc1[C@@H](C)O. The highest BCUT2D eigenvalue weighted by atomic mass is 19.1. The molecule has 1 aromatic carbocycles. The van der Waals surface area contributed by atoms with Gasteiger partial charge in [0.15, 0.2) is 0 Å². The number of terminal acetylenes is 1. The molecule has 1 atom stereocenters. The van der Waals surface area contributed by atoms with Crippen LogP contribution in [0.5, 0.6) is 0 Å². The first-order valence-electron chi connectivity index (χ1n) is 5.76. The van der Waals surface area contributed by atoms with E-state index in [0.29, 0.717) is 24.3 Å². The number of hydrogen-bond acceptors (Lipinski definition) is 2. The molecule has 92 valence electrons. The van der Waals surface area contributed by atoms with E-state index in [4.69, 9.17) is 6.42 Å². The van der Waals surface area contributed by atoms with Crippen molar-refractivity contribution in [3.05, 3.63) is 29.6 Å². The third-order valence-electron chi connectivity index (χ3n) is 2.56. The van der Waals surface area contributed by atoms with Gasteiger partial charge in [0.25, 0.3) is 0 Å². The van der Waals surface area contributed by atoms with Gasteiger partial charge in [0.05, 0.1) is 18.3 Å². The van der Waals surface area contributed by atoms with Crippen molar-refractivity contribution in [2.75, 3.05) is 18.0 Å². The van der Waals surface area contributed by atoms with Crippen molar-refractivity contribution in [3.8, 4) is 12.3 Å². The number of benzene rings is 1. The Hall–Kier alpha value is -1.53. The van der Waals surface area contributed by atoms with Gasteiger partial charge < -0.3 is 10.0 Å². The van der Waals surface area contributed by atoms with Crippen molar-refractivity contribution in [1.82, 2.24) is 0 Å². The Balaban J connectivity index is 3.20. The summed E-state index contributed by atoms with van der Waals surface area (Å²) < 4.78 is 13.9. The minimum Gasteiger partial charge on any atom is -0.389 e. The minimum atomic E-state index is -0.710. The quantitative estimate of drug-likeness (QED) is 0.793. The third kappa shape index (κ3) is 3.21. The first-order valence-corrected chi connectivity index (χ1v) is 5.76. The Kier molecular flexibility index (Phi) is 4.99. The summed E-state index contributed by atoms with van der Waals surface area (Å²) in [7, 11) is 0. The number of rotatable bonds is 5. The molecule has 0 spiro atoms. The van der Waals surface area contributed by atoms with Gasteiger partial charge in [0.2, 0.25) is 0 Å². The Bertz CT molecular complexity index is 409. The minimum absolute atomic E-state index is 0.341. The summed E-state index contributed by atoms with van der Waals surface area (Å²) in [5.41, 5.74) is 0.996. The molecule has 3 heteroatoms. The molecule has 0 unspecified atom stereocenters. The van der Waals surface area contributed by atoms with E-state index in [-0.39, 0.29) is 5.82 Å². The average Bonchev–Trinajstić information content (AvgIpc) is 2.28.